The molecular formula is C18H20BrFO. The van der Waals surface area contributed by atoms with Gasteiger partial charge < -0.3 is 4.74 Å². The predicted octanol–water partition coefficient (Wildman–Crippen LogP) is 5.83. The molecule has 0 saturated heterocycles. The summed E-state index contributed by atoms with van der Waals surface area (Å²) in [6, 6.07) is 13.3. The van der Waals surface area contributed by atoms with Gasteiger partial charge in [-0.1, -0.05) is 60.1 Å². The van der Waals surface area contributed by atoms with E-state index in [1.54, 1.807) is 12.1 Å². The topological polar surface area (TPSA) is 9.23 Å². The lowest BCUT2D eigenvalue weighted by molar-refractivity contribution is 0.411. The van der Waals surface area contributed by atoms with Crippen LogP contribution in [0.25, 0.3) is 0 Å². The van der Waals surface area contributed by atoms with Crippen LogP contribution < -0.4 is 4.74 Å². The van der Waals surface area contributed by atoms with Gasteiger partial charge in [0.2, 0.25) is 0 Å². The maximum atomic E-state index is 14.1. The lowest BCUT2D eigenvalue weighted by Crippen LogP contribution is -1.98. The number of rotatable bonds is 5. The number of methoxy groups -OCH3 is 1. The number of hydrogen-bond donors (Lipinski definition) is 0. The normalized spacial score (nSPS) is 13.8. The van der Waals surface area contributed by atoms with Crippen LogP contribution in [0.4, 0.5) is 4.39 Å². The van der Waals surface area contributed by atoms with Crippen LogP contribution in [0.3, 0.4) is 0 Å². The minimum atomic E-state index is -0.262. The summed E-state index contributed by atoms with van der Waals surface area (Å²) in [7, 11) is 1.54. The predicted molar refractivity (Wildman–Crippen MR) is 88.9 cm³/mol. The molecule has 0 spiro atoms. The molecule has 112 valence electrons. The largest absolute Gasteiger partial charge is 0.497 e. The molecule has 2 atom stereocenters. The van der Waals surface area contributed by atoms with E-state index in [9.17, 15) is 4.39 Å². The quantitative estimate of drug-likeness (QED) is 0.616. The first-order valence-corrected chi connectivity index (χ1v) is 8.05. The highest BCUT2D eigenvalue weighted by Crippen LogP contribution is 2.34. The van der Waals surface area contributed by atoms with Gasteiger partial charge in [-0.3, -0.25) is 0 Å². The fraction of sp³-hybridized carbons (Fsp3) is 0.333. The van der Waals surface area contributed by atoms with Crippen LogP contribution >= 0.6 is 15.9 Å². The van der Waals surface area contributed by atoms with Crippen molar-refractivity contribution in [3.05, 3.63) is 65.0 Å². The molecule has 0 aromatic heterocycles. The monoisotopic (exact) mass is 350 g/mol. The van der Waals surface area contributed by atoms with Crippen molar-refractivity contribution in [1.82, 2.24) is 0 Å². The third-order valence-corrected chi connectivity index (χ3v) is 4.91. The van der Waals surface area contributed by atoms with Gasteiger partial charge in [0.25, 0.3) is 0 Å². The van der Waals surface area contributed by atoms with Crippen LogP contribution in [0.1, 0.15) is 47.7 Å². The Hall–Kier alpha value is -1.35. The van der Waals surface area contributed by atoms with Crippen LogP contribution in [0.2, 0.25) is 0 Å². The zero-order chi connectivity index (χ0) is 15.4. The average Bonchev–Trinajstić information content (AvgIpc) is 2.53. The van der Waals surface area contributed by atoms with Crippen molar-refractivity contribution in [3.8, 4) is 5.75 Å². The highest BCUT2D eigenvalue weighted by molar-refractivity contribution is 9.09. The Morgan fingerprint density at radius 3 is 2.24 bits per heavy atom. The van der Waals surface area contributed by atoms with E-state index in [1.807, 2.05) is 0 Å². The molecule has 1 nitrogen and oxygen atoms in total. The molecule has 21 heavy (non-hydrogen) atoms. The number of ether oxygens (including phenoxy) is 1. The average molecular weight is 351 g/mol. The number of alkyl halides is 1. The summed E-state index contributed by atoms with van der Waals surface area (Å²) in [5.74, 6) is 0.816. The number of halogens is 2. The van der Waals surface area contributed by atoms with Crippen LogP contribution in [0, 0.1) is 5.82 Å². The highest BCUT2D eigenvalue weighted by Gasteiger charge is 2.16. The molecule has 0 heterocycles. The molecule has 2 unspecified atom stereocenters. The molecule has 2 rings (SSSR count). The van der Waals surface area contributed by atoms with Crippen LogP contribution in [-0.2, 0) is 0 Å². The third kappa shape index (κ3) is 3.65. The van der Waals surface area contributed by atoms with Gasteiger partial charge in [0.05, 0.1) is 11.9 Å². The van der Waals surface area contributed by atoms with E-state index in [-0.39, 0.29) is 10.6 Å². The van der Waals surface area contributed by atoms with Crippen molar-refractivity contribution in [2.75, 3.05) is 7.11 Å². The van der Waals surface area contributed by atoms with E-state index in [4.69, 9.17) is 4.74 Å². The summed E-state index contributed by atoms with van der Waals surface area (Å²) in [4.78, 5) is -0.158. The summed E-state index contributed by atoms with van der Waals surface area (Å²) >= 11 is 3.59. The second kappa shape index (κ2) is 7.08. The van der Waals surface area contributed by atoms with Gasteiger partial charge in [0.1, 0.15) is 11.6 Å². The number of hydrogen-bond acceptors (Lipinski definition) is 1. The van der Waals surface area contributed by atoms with Crippen LogP contribution in [0.15, 0.2) is 42.5 Å². The fourth-order valence-corrected chi connectivity index (χ4v) is 2.93. The van der Waals surface area contributed by atoms with Gasteiger partial charge in [0.15, 0.2) is 0 Å². The lowest BCUT2D eigenvalue weighted by atomic mass is 9.96. The molecule has 0 radical (unpaired) electrons. The van der Waals surface area contributed by atoms with Crippen molar-refractivity contribution >= 4 is 15.9 Å². The third-order valence-electron chi connectivity index (χ3n) is 3.89. The molecule has 0 amide bonds. The molecule has 2 aromatic carbocycles. The summed E-state index contributed by atoms with van der Waals surface area (Å²) in [5.41, 5.74) is 2.98. The molecule has 3 heteroatoms. The maximum Gasteiger partial charge on any atom is 0.131 e. The van der Waals surface area contributed by atoms with Gasteiger partial charge in [0, 0.05) is 11.6 Å². The Bertz CT molecular complexity index is 595. The van der Waals surface area contributed by atoms with E-state index in [0.29, 0.717) is 17.2 Å². The Balaban J connectivity index is 2.25. The molecule has 0 bridgehead atoms. The molecule has 0 aliphatic rings. The Labute approximate surface area is 134 Å². The van der Waals surface area contributed by atoms with Crippen LogP contribution in [-0.4, -0.2) is 7.11 Å². The highest BCUT2D eigenvalue weighted by atomic mass is 79.9. The van der Waals surface area contributed by atoms with Crippen molar-refractivity contribution in [2.24, 2.45) is 0 Å². The molecule has 0 fully saturated rings. The van der Waals surface area contributed by atoms with Crippen molar-refractivity contribution in [3.63, 3.8) is 0 Å². The van der Waals surface area contributed by atoms with Gasteiger partial charge in [-0.2, -0.15) is 0 Å². The number of benzene rings is 2. The second-order valence-electron chi connectivity index (χ2n) is 5.23. The van der Waals surface area contributed by atoms with Gasteiger partial charge in [-0.15, -0.1) is 0 Å². The molecule has 0 saturated carbocycles. The zero-order valence-corrected chi connectivity index (χ0v) is 14.2. The first kappa shape index (κ1) is 16.0. The van der Waals surface area contributed by atoms with Crippen molar-refractivity contribution in [2.45, 2.75) is 31.0 Å². The molecule has 2 aromatic rings. The van der Waals surface area contributed by atoms with Crippen LogP contribution in [0.5, 0.6) is 5.75 Å². The molecule has 0 N–H and O–H groups in total. The molecular weight excluding hydrogens is 331 g/mol. The van der Waals surface area contributed by atoms with Crippen molar-refractivity contribution in [1.29, 1.82) is 0 Å². The standard InChI is InChI=1S/C18H20BrFO/c1-4-12(2)13-5-7-14(8-6-13)18(19)16-10-9-15(21-3)11-17(16)20/h5-12,18H,4H2,1-3H3. The van der Waals surface area contributed by atoms with Crippen molar-refractivity contribution < 1.29 is 9.13 Å². The van der Waals surface area contributed by atoms with E-state index < -0.39 is 0 Å². The molecule has 0 aliphatic carbocycles. The van der Waals surface area contributed by atoms with Gasteiger partial charge >= 0.3 is 0 Å². The summed E-state index contributed by atoms with van der Waals surface area (Å²) in [6.07, 6.45) is 1.12. The summed E-state index contributed by atoms with van der Waals surface area (Å²) in [5, 5.41) is 0. The Morgan fingerprint density at radius 2 is 1.71 bits per heavy atom. The zero-order valence-electron chi connectivity index (χ0n) is 12.6. The van der Waals surface area contributed by atoms with Gasteiger partial charge in [-0.05, 0) is 29.5 Å². The second-order valence-corrected chi connectivity index (χ2v) is 6.14. The summed E-state index contributed by atoms with van der Waals surface area (Å²) in [6.45, 7) is 4.39. The maximum absolute atomic E-state index is 14.1. The Kier molecular flexibility index (Phi) is 5.40. The minimum absolute atomic E-state index is 0.158. The summed E-state index contributed by atoms with van der Waals surface area (Å²) < 4.78 is 19.2. The SMILES string of the molecule is CCC(C)c1ccc(C(Br)c2ccc(OC)cc2F)cc1. The van der Waals surface area contributed by atoms with E-state index >= 15 is 0 Å². The fourth-order valence-electron chi connectivity index (χ4n) is 2.25. The first-order valence-electron chi connectivity index (χ1n) is 7.14. The smallest absolute Gasteiger partial charge is 0.131 e. The van der Waals surface area contributed by atoms with Gasteiger partial charge in [-0.25, -0.2) is 4.39 Å². The lowest BCUT2D eigenvalue weighted by Gasteiger charge is -2.15. The Morgan fingerprint density at radius 1 is 1.10 bits per heavy atom. The minimum Gasteiger partial charge on any atom is -0.497 e. The first-order chi connectivity index (χ1) is 10.1. The van der Waals surface area contributed by atoms with E-state index in [1.165, 1.54) is 18.7 Å². The van der Waals surface area contributed by atoms with E-state index in [0.717, 1.165) is 12.0 Å². The van der Waals surface area contributed by atoms with E-state index in [2.05, 4.69) is 54.0 Å². The molecule has 0 aliphatic heterocycles.